The fourth-order valence-corrected chi connectivity index (χ4v) is 3.41. The normalized spacial score (nSPS) is 24.2. The van der Waals surface area contributed by atoms with Crippen LogP contribution in [0.4, 0.5) is 5.69 Å². The summed E-state index contributed by atoms with van der Waals surface area (Å²) >= 11 is 6.15. The fraction of sp³-hybridized carbons (Fsp3) is 0.529. The number of amides is 2. The first-order valence-electron chi connectivity index (χ1n) is 8.09. The standard InChI is InChI=1S/C17H21ClN2O3/c18-14-5-1-2-6-15(14)20-11-12(10-17(20)22)19-16(21)8-7-13-4-3-9-23-13/h1-2,5-6,12-13H,3-4,7-11H2,(H,19,21)/t12-,13-/m0/s1. The first-order valence-corrected chi connectivity index (χ1v) is 8.47. The van der Waals surface area contributed by atoms with Crippen LogP contribution in [0.3, 0.4) is 0 Å². The molecule has 0 spiro atoms. The van der Waals surface area contributed by atoms with E-state index in [1.54, 1.807) is 11.0 Å². The van der Waals surface area contributed by atoms with Crippen LogP contribution in [0.1, 0.15) is 32.1 Å². The van der Waals surface area contributed by atoms with Crippen LogP contribution in [0.5, 0.6) is 0 Å². The fourth-order valence-electron chi connectivity index (χ4n) is 3.17. The van der Waals surface area contributed by atoms with Crippen LogP contribution in [-0.2, 0) is 14.3 Å². The van der Waals surface area contributed by atoms with E-state index in [4.69, 9.17) is 16.3 Å². The number of rotatable bonds is 5. The maximum Gasteiger partial charge on any atom is 0.229 e. The minimum Gasteiger partial charge on any atom is -0.378 e. The van der Waals surface area contributed by atoms with Crippen molar-refractivity contribution in [3.63, 3.8) is 0 Å². The zero-order chi connectivity index (χ0) is 16.2. The molecule has 0 aliphatic carbocycles. The largest absolute Gasteiger partial charge is 0.378 e. The maximum atomic E-state index is 12.2. The molecule has 2 heterocycles. The lowest BCUT2D eigenvalue weighted by atomic mass is 10.1. The van der Waals surface area contributed by atoms with Crippen molar-refractivity contribution in [1.29, 1.82) is 0 Å². The van der Waals surface area contributed by atoms with Gasteiger partial charge in [-0.25, -0.2) is 0 Å². The molecule has 2 fully saturated rings. The van der Waals surface area contributed by atoms with Crippen LogP contribution >= 0.6 is 11.6 Å². The van der Waals surface area contributed by atoms with Crippen LogP contribution in [0.25, 0.3) is 0 Å². The molecule has 1 aromatic carbocycles. The molecule has 1 aromatic rings. The van der Waals surface area contributed by atoms with E-state index in [1.807, 2.05) is 18.2 Å². The third kappa shape index (κ3) is 4.03. The van der Waals surface area contributed by atoms with Crippen LogP contribution in [-0.4, -0.2) is 37.1 Å². The molecule has 0 bridgehead atoms. The van der Waals surface area contributed by atoms with Gasteiger partial charge in [-0.05, 0) is 31.4 Å². The summed E-state index contributed by atoms with van der Waals surface area (Å²) in [7, 11) is 0. The van der Waals surface area contributed by atoms with Crippen molar-refractivity contribution in [2.24, 2.45) is 0 Å². The summed E-state index contributed by atoms with van der Waals surface area (Å²) in [6.45, 7) is 1.27. The molecule has 3 rings (SSSR count). The van der Waals surface area contributed by atoms with Gasteiger partial charge in [0.1, 0.15) is 0 Å². The number of anilines is 1. The van der Waals surface area contributed by atoms with E-state index < -0.39 is 0 Å². The predicted molar refractivity (Wildman–Crippen MR) is 88.6 cm³/mol. The van der Waals surface area contributed by atoms with Gasteiger partial charge < -0.3 is 15.0 Å². The Morgan fingerprint density at radius 3 is 2.96 bits per heavy atom. The van der Waals surface area contributed by atoms with E-state index in [1.165, 1.54) is 0 Å². The van der Waals surface area contributed by atoms with E-state index in [0.29, 0.717) is 30.1 Å². The second-order valence-corrected chi connectivity index (χ2v) is 6.51. The molecule has 5 nitrogen and oxygen atoms in total. The van der Waals surface area contributed by atoms with Crippen molar-refractivity contribution >= 4 is 29.1 Å². The van der Waals surface area contributed by atoms with Crippen LogP contribution in [0.2, 0.25) is 5.02 Å². The first kappa shape index (κ1) is 16.3. The van der Waals surface area contributed by atoms with E-state index in [9.17, 15) is 9.59 Å². The Kier molecular flexibility index (Phi) is 5.18. The smallest absolute Gasteiger partial charge is 0.229 e. The SMILES string of the molecule is O=C(CC[C@@H]1CCCO1)N[C@H]1CC(=O)N(c2ccccc2Cl)C1. The molecule has 0 radical (unpaired) electrons. The van der Waals surface area contributed by atoms with Crippen LogP contribution < -0.4 is 10.2 Å². The zero-order valence-corrected chi connectivity index (χ0v) is 13.7. The van der Waals surface area contributed by atoms with Gasteiger partial charge in [0.25, 0.3) is 0 Å². The molecule has 1 N–H and O–H groups in total. The van der Waals surface area contributed by atoms with Gasteiger partial charge in [0.15, 0.2) is 0 Å². The topological polar surface area (TPSA) is 58.6 Å². The van der Waals surface area contributed by atoms with Crippen molar-refractivity contribution < 1.29 is 14.3 Å². The average molecular weight is 337 g/mol. The molecule has 0 unspecified atom stereocenters. The Labute approximate surface area is 140 Å². The van der Waals surface area contributed by atoms with Gasteiger partial charge in [-0.3, -0.25) is 9.59 Å². The molecular weight excluding hydrogens is 316 g/mol. The zero-order valence-electron chi connectivity index (χ0n) is 13.0. The van der Waals surface area contributed by atoms with Crippen molar-refractivity contribution in [2.45, 2.75) is 44.2 Å². The summed E-state index contributed by atoms with van der Waals surface area (Å²) in [6.07, 6.45) is 3.84. The molecule has 0 aromatic heterocycles. The number of benzene rings is 1. The van der Waals surface area contributed by atoms with Gasteiger partial charge in [-0.2, -0.15) is 0 Å². The molecule has 2 aliphatic heterocycles. The number of halogens is 1. The summed E-state index contributed by atoms with van der Waals surface area (Å²) in [4.78, 5) is 25.9. The Bertz CT molecular complexity index is 587. The third-order valence-electron chi connectivity index (χ3n) is 4.35. The van der Waals surface area contributed by atoms with E-state index >= 15 is 0 Å². The number of nitrogens with zero attached hydrogens (tertiary/aromatic N) is 1. The summed E-state index contributed by atoms with van der Waals surface area (Å²) in [5.41, 5.74) is 0.704. The number of ether oxygens (including phenoxy) is 1. The summed E-state index contributed by atoms with van der Waals surface area (Å²) < 4.78 is 5.52. The average Bonchev–Trinajstić information content (AvgIpc) is 3.16. The van der Waals surface area contributed by atoms with Gasteiger partial charge in [0, 0.05) is 26.0 Å². The molecular formula is C17H21ClN2O3. The van der Waals surface area contributed by atoms with E-state index in [2.05, 4.69) is 5.32 Å². The number of hydrogen-bond donors (Lipinski definition) is 1. The highest BCUT2D eigenvalue weighted by atomic mass is 35.5. The lowest BCUT2D eigenvalue weighted by Gasteiger charge is -2.18. The number of nitrogens with one attached hydrogen (secondary N) is 1. The van der Waals surface area contributed by atoms with E-state index in [-0.39, 0.29) is 24.0 Å². The van der Waals surface area contributed by atoms with Crippen LogP contribution in [0.15, 0.2) is 24.3 Å². The highest BCUT2D eigenvalue weighted by Crippen LogP contribution is 2.29. The molecule has 23 heavy (non-hydrogen) atoms. The van der Waals surface area contributed by atoms with Crippen molar-refractivity contribution in [3.05, 3.63) is 29.3 Å². The molecule has 0 saturated carbocycles. The first-order chi connectivity index (χ1) is 11.1. The van der Waals surface area contributed by atoms with E-state index in [0.717, 1.165) is 25.9 Å². The maximum absolute atomic E-state index is 12.2. The van der Waals surface area contributed by atoms with Gasteiger partial charge in [0.05, 0.1) is 22.9 Å². The molecule has 2 amide bonds. The van der Waals surface area contributed by atoms with Gasteiger partial charge in [0.2, 0.25) is 11.8 Å². The second-order valence-electron chi connectivity index (χ2n) is 6.10. The highest BCUT2D eigenvalue weighted by molar-refractivity contribution is 6.33. The predicted octanol–water partition coefficient (Wildman–Crippen LogP) is 2.52. The minimum absolute atomic E-state index is 0.0115. The Balaban J connectivity index is 1.51. The third-order valence-corrected chi connectivity index (χ3v) is 4.67. The van der Waals surface area contributed by atoms with Gasteiger partial charge >= 0.3 is 0 Å². The quantitative estimate of drug-likeness (QED) is 0.898. The number of carbonyl (C=O) groups is 2. The van der Waals surface area contributed by atoms with Crippen molar-refractivity contribution in [1.82, 2.24) is 5.32 Å². The summed E-state index contributed by atoms with van der Waals surface area (Å²) in [5.74, 6) is -0.0261. The molecule has 2 saturated heterocycles. The lowest BCUT2D eigenvalue weighted by Crippen LogP contribution is -2.37. The van der Waals surface area contributed by atoms with Crippen molar-refractivity contribution in [3.8, 4) is 0 Å². The van der Waals surface area contributed by atoms with Gasteiger partial charge in [-0.15, -0.1) is 0 Å². The summed E-state index contributed by atoms with van der Waals surface area (Å²) in [5, 5.41) is 3.50. The lowest BCUT2D eigenvalue weighted by molar-refractivity contribution is -0.122. The highest BCUT2D eigenvalue weighted by Gasteiger charge is 2.32. The minimum atomic E-state index is -0.157. The monoisotopic (exact) mass is 336 g/mol. The Morgan fingerprint density at radius 1 is 1.39 bits per heavy atom. The Morgan fingerprint density at radius 2 is 2.22 bits per heavy atom. The second kappa shape index (κ2) is 7.32. The van der Waals surface area contributed by atoms with Gasteiger partial charge in [-0.1, -0.05) is 23.7 Å². The Hall–Kier alpha value is -1.59. The van der Waals surface area contributed by atoms with Crippen LogP contribution in [0, 0.1) is 0 Å². The molecule has 124 valence electrons. The number of hydrogen-bond acceptors (Lipinski definition) is 3. The number of carbonyl (C=O) groups excluding carboxylic acids is 2. The summed E-state index contributed by atoms with van der Waals surface area (Å²) in [6, 6.07) is 7.11. The van der Waals surface area contributed by atoms with Crippen molar-refractivity contribution in [2.75, 3.05) is 18.1 Å². The molecule has 2 aliphatic rings. The molecule has 6 heteroatoms. The molecule has 2 atom stereocenters. The number of para-hydroxylation sites is 1.